The van der Waals surface area contributed by atoms with Crippen LogP contribution in [0, 0.1) is 23.6 Å². The van der Waals surface area contributed by atoms with Crippen molar-refractivity contribution in [2.75, 3.05) is 6.54 Å². The third-order valence-electron chi connectivity index (χ3n) is 6.35. The molecule has 0 radical (unpaired) electrons. The summed E-state index contributed by atoms with van der Waals surface area (Å²) in [5.74, 6) is -0.355. The number of H-pyrrole nitrogens is 1. The van der Waals surface area contributed by atoms with Crippen LogP contribution < -0.4 is 10.3 Å². The molecule has 2 aliphatic rings. The second-order valence-corrected chi connectivity index (χ2v) is 9.52. The molecule has 134 valence electrons. The monoisotopic (exact) mass is 343 g/mol. The van der Waals surface area contributed by atoms with E-state index in [2.05, 4.69) is 25.8 Å². The number of aromatic amines is 1. The highest BCUT2D eigenvalue weighted by Gasteiger charge is 2.52. The van der Waals surface area contributed by atoms with Gasteiger partial charge in [-0.1, -0.05) is 20.8 Å². The van der Waals surface area contributed by atoms with E-state index >= 15 is 0 Å². The standard InChI is InChI=1S/C21H27FN2O/c1-13-17(19(25)16-7-14(22)5-6-18(16)23-13)10-24-12-21(4)9-15(24)8-20(2,3)11-21/h5-7,15H,8-12H2,1-4H3,(H,23,25)/p+1. The van der Waals surface area contributed by atoms with Gasteiger partial charge in [0.25, 0.3) is 0 Å². The van der Waals surface area contributed by atoms with Crippen molar-refractivity contribution in [1.29, 1.82) is 0 Å². The first-order valence-corrected chi connectivity index (χ1v) is 9.31. The number of hydrogen-bond donors (Lipinski definition) is 2. The Morgan fingerprint density at radius 1 is 1.28 bits per heavy atom. The van der Waals surface area contributed by atoms with Gasteiger partial charge < -0.3 is 9.88 Å². The summed E-state index contributed by atoms with van der Waals surface area (Å²) in [7, 11) is 0. The van der Waals surface area contributed by atoms with Gasteiger partial charge in [-0.2, -0.15) is 0 Å². The number of likely N-dealkylation sites (tertiary alicyclic amines) is 1. The fraction of sp³-hybridized carbons (Fsp3) is 0.571. The van der Waals surface area contributed by atoms with Gasteiger partial charge in [-0.3, -0.25) is 4.79 Å². The lowest BCUT2D eigenvalue weighted by atomic mass is 9.65. The minimum absolute atomic E-state index is 0.0101. The summed E-state index contributed by atoms with van der Waals surface area (Å²) in [6.07, 6.45) is 3.74. The van der Waals surface area contributed by atoms with Crippen LogP contribution in [0.5, 0.6) is 0 Å². The van der Waals surface area contributed by atoms with Crippen LogP contribution in [-0.2, 0) is 6.54 Å². The Morgan fingerprint density at radius 3 is 2.80 bits per heavy atom. The minimum atomic E-state index is -0.355. The van der Waals surface area contributed by atoms with Gasteiger partial charge in [0, 0.05) is 34.9 Å². The number of quaternary nitrogens is 1. The lowest BCUT2D eigenvalue weighted by Crippen LogP contribution is -3.12. The molecule has 2 heterocycles. The summed E-state index contributed by atoms with van der Waals surface area (Å²) in [6.45, 7) is 11.0. The van der Waals surface area contributed by atoms with Crippen molar-refractivity contribution in [2.45, 2.75) is 59.5 Å². The molecule has 3 nitrogen and oxygen atoms in total. The Kier molecular flexibility index (Phi) is 3.63. The van der Waals surface area contributed by atoms with Gasteiger partial charge in [0.05, 0.1) is 18.2 Å². The second-order valence-electron chi connectivity index (χ2n) is 9.52. The van der Waals surface area contributed by atoms with E-state index < -0.39 is 0 Å². The van der Waals surface area contributed by atoms with Crippen molar-refractivity contribution in [3.05, 3.63) is 45.5 Å². The smallest absolute Gasteiger partial charge is 0.198 e. The number of halogens is 1. The summed E-state index contributed by atoms with van der Waals surface area (Å²) in [6, 6.07) is 5.03. The third kappa shape index (κ3) is 2.91. The van der Waals surface area contributed by atoms with Crippen LogP contribution in [0.25, 0.3) is 10.9 Å². The molecular formula is C21H28FN2O+. The first kappa shape index (κ1) is 16.8. The first-order valence-electron chi connectivity index (χ1n) is 9.31. The van der Waals surface area contributed by atoms with Crippen molar-refractivity contribution in [3.8, 4) is 0 Å². The van der Waals surface area contributed by atoms with Crippen LogP contribution in [0.1, 0.15) is 51.3 Å². The van der Waals surface area contributed by atoms with E-state index in [1.54, 1.807) is 6.07 Å². The first-order chi connectivity index (χ1) is 11.7. The Balaban J connectivity index is 1.71. The molecule has 2 N–H and O–H groups in total. The third-order valence-corrected chi connectivity index (χ3v) is 6.35. The number of nitrogens with one attached hydrogen (secondary N) is 2. The molecule has 2 aromatic rings. The Labute approximate surface area is 148 Å². The van der Waals surface area contributed by atoms with Crippen molar-refractivity contribution >= 4 is 10.9 Å². The minimum Gasteiger partial charge on any atom is -0.358 e. The number of benzene rings is 1. The SMILES string of the molecule is Cc1[nH]c2ccc(F)cc2c(=O)c1C[NH+]1CC2(C)CC1CC(C)(C)C2. The van der Waals surface area contributed by atoms with E-state index in [4.69, 9.17) is 0 Å². The zero-order valence-corrected chi connectivity index (χ0v) is 15.6. The molecule has 3 atom stereocenters. The highest BCUT2D eigenvalue weighted by atomic mass is 19.1. The molecule has 1 aliphatic heterocycles. The number of fused-ring (bicyclic) bond motifs is 3. The molecule has 1 aromatic carbocycles. The summed E-state index contributed by atoms with van der Waals surface area (Å²) >= 11 is 0. The van der Waals surface area contributed by atoms with Gasteiger partial charge in [-0.25, -0.2) is 4.39 Å². The second kappa shape index (κ2) is 5.41. The van der Waals surface area contributed by atoms with E-state index in [0.717, 1.165) is 29.9 Å². The molecule has 3 unspecified atom stereocenters. The highest BCUT2D eigenvalue weighted by molar-refractivity contribution is 5.79. The molecular weight excluding hydrogens is 315 g/mol. The molecule has 25 heavy (non-hydrogen) atoms. The normalized spacial score (nSPS) is 30.8. The fourth-order valence-corrected chi connectivity index (χ4v) is 5.82. The Morgan fingerprint density at radius 2 is 2.04 bits per heavy atom. The molecule has 2 bridgehead atoms. The van der Waals surface area contributed by atoms with Gasteiger partial charge in [0.15, 0.2) is 5.43 Å². The van der Waals surface area contributed by atoms with Crippen molar-refractivity contribution in [1.82, 2.24) is 4.98 Å². The molecule has 1 saturated carbocycles. The number of hydrogen-bond acceptors (Lipinski definition) is 1. The van der Waals surface area contributed by atoms with Gasteiger partial charge in [0.1, 0.15) is 12.4 Å². The number of aryl methyl sites for hydroxylation is 1. The molecule has 1 aromatic heterocycles. The largest absolute Gasteiger partial charge is 0.358 e. The van der Waals surface area contributed by atoms with E-state index in [0.29, 0.717) is 22.3 Å². The van der Waals surface area contributed by atoms with Gasteiger partial charge in [0.2, 0.25) is 0 Å². The zero-order valence-electron chi connectivity index (χ0n) is 15.6. The topological polar surface area (TPSA) is 37.3 Å². The summed E-state index contributed by atoms with van der Waals surface area (Å²) in [5.41, 5.74) is 3.21. The number of rotatable bonds is 2. The predicted molar refractivity (Wildman–Crippen MR) is 98.3 cm³/mol. The van der Waals surface area contributed by atoms with E-state index in [-0.39, 0.29) is 11.2 Å². The maximum Gasteiger partial charge on any atom is 0.198 e. The van der Waals surface area contributed by atoms with Crippen LogP contribution in [-0.4, -0.2) is 17.6 Å². The molecule has 2 fully saturated rings. The van der Waals surface area contributed by atoms with Crippen molar-refractivity contribution < 1.29 is 9.29 Å². The zero-order chi connectivity index (χ0) is 18.0. The van der Waals surface area contributed by atoms with Gasteiger partial charge in [-0.05, 0) is 37.0 Å². The highest BCUT2D eigenvalue weighted by Crippen LogP contribution is 2.47. The van der Waals surface area contributed by atoms with E-state index in [9.17, 15) is 9.18 Å². The summed E-state index contributed by atoms with van der Waals surface area (Å²) in [4.78, 5) is 17.8. The Bertz CT molecular complexity index is 901. The molecule has 0 amide bonds. The average molecular weight is 343 g/mol. The number of pyridine rings is 1. The van der Waals surface area contributed by atoms with E-state index in [1.165, 1.54) is 36.3 Å². The van der Waals surface area contributed by atoms with Crippen LogP contribution in [0.4, 0.5) is 4.39 Å². The van der Waals surface area contributed by atoms with Crippen molar-refractivity contribution in [2.24, 2.45) is 10.8 Å². The Hall–Kier alpha value is -1.68. The maximum absolute atomic E-state index is 13.6. The predicted octanol–water partition coefficient (Wildman–Crippen LogP) is 2.96. The quantitative estimate of drug-likeness (QED) is 0.864. The lowest BCUT2D eigenvalue weighted by Gasteiger charge is -2.37. The lowest BCUT2D eigenvalue weighted by molar-refractivity contribution is -0.928. The number of aromatic nitrogens is 1. The molecule has 1 aliphatic carbocycles. The molecule has 1 saturated heterocycles. The summed E-state index contributed by atoms with van der Waals surface area (Å²) in [5, 5.41) is 0.466. The summed E-state index contributed by atoms with van der Waals surface area (Å²) < 4.78 is 13.6. The molecule has 4 rings (SSSR count). The van der Waals surface area contributed by atoms with Crippen molar-refractivity contribution in [3.63, 3.8) is 0 Å². The van der Waals surface area contributed by atoms with Crippen LogP contribution >= 0.6 is 0 Å². The van der Waals surface area contributed by atoms with Gasteiger partial charge >= 0.3 is 0 Å². The van der Waals surface area contributed by atoms with Crippen LogP contribution in [0.15, 0.2) is 23.0 Å². The van der Waals surface area contributed by atoms with E-state index in [1.807, 2.05) is 6.92 Å². The maximum atomic E-state index is 13.6. The molecule has 0 spiro atoms. The van der Waals surface area contributed by atoms with Crippen LogP contribution in [0.3, 0.4) is 0 Å². The van der Waals surface area contributed by atoms with Crippen LogP contribution in [0.2, 0.25) is 0 Å². The molecule has 4 heteroatoms. The fourth-order valence-electron chi connectivity index (χ4n) is 5.82. The van der Waals surface area contributed by atoms with Gasteiger partial charge in [-0.15, -0.1) is 0 Å². The average Bonchev–Trinajstić information content (AvgIpc) is 2.73.